The zero-order chi connectivity index (χ0) is 15.8. The van der Waals surface area contributed by atoms with Crippen molar-refractivity contribution in [3.63, 3.8) is 0 Å². The van der Waals surface area contributed by atoms with E-state index in [2.05, 4.69) is 33.0 Å². The summed E-state index contributed by atoms with van der Waals surface area (Å²) in [5.74, 6) is 2.59. The predicted molar refractivity (Wildman–Crippen MR) is 87.5 cm³/mol. The van der Waals surface area contributed by atoms with Gasteiger partial charge in [0.05, 0.1) is 13.0 Å². The van der Waals surface area contributed by atoms with E-state index in [0.29, 0.717) is 30.8 Å². The fraction of sp³-hybridized carbons (Fsp3) is 0.611. The molecule has 21 heavy (non-hydrogen) atoms. The highest BCUT2D eigenvalue weighted by molar-refractivity contribution is 5.76. The lowest BCUT2D eigenvalue weighted by Crippen LogP contribution is -2.34. The van der Waals surface area contributed by atoms with Crippen LogP contribution in [0.3, 0.4) is 0 Å². The van der Waals surface area contributed by atoms with Crippen LogP contribution in [-0.4, -0.2) is 19.1 Å². The number of carbonyl (C=O) groups is 1. The highest BCUT2D eigenvalue weighted by Gasteiger charge is 2.18. The van der Waals surface area contributed by atoms with E-state index in [9.17, 15) is 4.79 Å². The molecular weight excluding hydrogens is 262 g/mol. The first-order valence-corrected chi connectivity index (χ1v) is 7.87. The number of hydrogen-bond acceptors (Lipinski definition) is 2. The lowest BCUT2D eigenvalue weighted by atomic mass is 9.85. The summed E-state index contributed by atoms with van der Waals surface area (Å²) in [6, 6.07) is 7.86. The standard InChI is InChI=1S/C18H29NO2/c1-13(2)16(14(3)4)12-19-18(20)10-11-21-17-9-7-6-8-15(17)5/h6-9,13-14,16H,10-12H2,1-5H3,(H,19,20). The van der Waals surface area contributed by atoms with E-state index in [4.69, 9.17) is 4.74 Å². The first-order chi connectivity index (χ1) is 9.91. The molecule has 0 bridgehead atoms. The smallest absolute Gasteiger partial charge is 0.223 e. The molecule has 0 saturated heterocycles. The number of hydrogen-bond donors (Lipinski definition) is 1. The highest BCUT2D eigenvalue weighted by Crippen LogP contribution is 2.19. The summed E-state index contributed by atoms with van der Waals surface area (Å²) in [6.07, 6.45) is 0.400. The molecule has 0 fully saturated rings. The second kappa shape index (κ2) is 8.71. The van der Waals surface area contributed by atoms with Gasteiger partial charge in [0.2, 0.25) is 5.91 Å². The second-order valence-electron chi connectivity index (χ2n) is 6.32. The number of rotatable bonds is 8. The van der Waals surface area contributed by atoms with Gasteiger partial charge in [-0.15, -0.1) is 0 Å². The van der Waals surface area contributed by atoms with E-state index in [-0.39, 0.29) is 5.91 Å². The molecule has 1 rings (SSSR count). The number of carbonyl (C=O) groups excluding carboxylic acids is 1. The van der Waals surface area contributed by atoms with Gasteiger partial charge in [0.15, 0.2) is 0 Å². The Morgan fingerprint density at radius 3 is 2.33 bits per heavy atom. The Balaban J connectivity index is 2.30. The lowest BCUT2D eigenvalue weighted by Gasteiger charge is -2.25. The number of amides is 1. The van der Waals surface area contributed by atoms with Crippen molar-refractivity contribution in [1.29, 1.82) is 0 Å². The second-order valence-corrected chi connectivity index (χ2v) is 6.32. The molecule has 3 nitrogen and oxygen atoms in total. The Morgan fingerprint density at radius 2 is 1.76 bits per heavy atom. The minimum Gasteiger partial charge on any atom is -0.493 e. The van der Waals surface area contributed by atoms with Crippen LogP contribution in [0, 0.1) is 24.7 Å². The maximum atomic E-state index is 11.9. The third-order valence-electron chi connectivity index (χ3n) is 3.93. The molecule has 1 N–H and O–H groups in total. The van der Waals surface area contributed by atoms with Gasteiger partial charge >= 0.3 is 0 Å². The molecule has 0 aliphatic rings. The molecule has 1 amide bonds. The van der Waals surface area contributed by atoms with E-state index in [1.54, 1.807) is 0 Å². The van der Waals surface area contributed by atoms with Crippen LogP contribution in [0.5, 0.6) is 5.75 Å². The lowest BCUT2D eigenvalue weighted by molar-refractivity contribution is -0.121. The Hall–Kier alpha value is -1.51. The summed E-state index contributed by atoms with van der Waals surface area (Å²) in [5.41, 5.74) is 1.09. The molecule has 0 aromatic heterocycles. The zero-order valence-electron chi connectivity index (χ0n) is 14.0. The quantitative estimate of drug-likeness (QED) is 0.791. The first-order valence-electron chi connectivity index (χ1n) is 7.87. The minimum atomic E-state index is 0.0647. The molecule has 1 aromatic rings. The van der Waals surface area contributed by atoms with E-state index < -0.39 is 0 Å². The van der Waals surface area contributed by atoms with Crippen LogP contribution in [0.2, 0.25) is 0 Å². The maximum absolute atomic E-state index is 11.9. The summed E-state index contributed by atoms with van der Waals surface area (Å²) >= 11 is 0. The summed E-state index contributed by atoms with van der Waals surface area (Å²) in [4.78, 5) is 11.9. The van der Waals surface area contributed by atoms with Crippen LogP contribution in [0.15, 0.2) is 24.3 Å². The summed E-state index contributed by atoms with van der Waals surface area (Å²) in [7, 11) is 0. The summed E-state index contributed by atoms with van der Waals surface area (Å²) < 4.78 is 5.65. The van der Waals surface area contributed by atoms with Gasteiger partial charge < -0.3 is 10.1 Å². The van der Waals surface area contributed by atoms with Crippen LogP contribution in [-0.2, 0) is 4.79 Å². The van der Waals surface area contributed by atoms with Crippen LogP contribution in [0.4, 0.5) is 0 Å². The van der Waals surface area contributed by atoms with Gasteiger partial charge in [-0.25, -0.2) is 0 Å². The number of benzene rings is 1. The topological polar surface area (TPSA) is 38.3 Å². The largest absolute Gasteiger partial charge is 0.493 e. The highest BCUT2D eigenvalue weighted by atomic mass is 16.5. The van der Waals surface area contributed by atoms with Crippen molar-refractivity contribution in [2.75, 3.05) is 13.2 Å². The average Bonchev–Trinajstić information content (AvgIpc) is 2.40. The normalized spacial score (nSPS) is 11.2. The van der Waals surface area contributed by atoms with Crippen molar-refractivity contribution in [3.8, 4) is 5.75 Å². The molecule has 0 atom stereocenters. The van der Waals surface area contributed by atoms with E-state index in [1.807, 2.05) is 31.2 Å². The van der Waals surface area contributed by atoms with Gasteiger partial charge in [0.25, 0.3) is 0 Å². The molecule has 0 heterocycles. The van der Waals surface area contributed by atoms with Crippen molar-refractivity contribution < 1.29 is 9.53 Å². The van der Waals surface area contributed by atoms with Gasteiger partial charge in [0.1, 0.15) is 5.75 Å². The van der Waals surface area contributed by atoms with Crippen LogP contribution >= 0.6 is 0 Å². The molecule has 0 unspecified atom stereocenters. The SMILES string of the molecule is Cc1ccccc1OCCC(=O)NCC(C(C)C)C(C)C. The Labute approximate surface area is 129 Å². The third kappa shape index (κ3) is 6.19. The van der Waals surface area contributed by atoms with Crippen LogP contribution in [0.1, 0.15) is 39.7 Å². The summed E-state index contributed by atoms with van der Waals surface area (Å²) in [5, 5.41) is 3.03. The molecule has 1 aromatic carbocycles. The van der Waals surface area contributed by atoms with Crippen molar-refractivity contribution in [2.45, 2.75) is 41.0 Å². The van der Waals surface area contributed by atoms with Crippen LogP contribution < -0.4 is 10.1 Å². The van der Waals surface area contributed by atoms with Gasteiger partial charge in [-0.05, 0) is 36.3 Å². The molecule has 0 aliphatic heterocycles. The average molecular weight is 291 g/mol. The van der Waals surface area contributed by atoms with Crippen LogP contribution in [0.25, 0.3) is 0 Å². The van der Waals surface area contributed by atoms with Crippen molar-refractivity contribution in [1.82, 2.24) is 5.32 Å². The van der Waals surface area contributed by atoms with Crippen molar-refractivity contribution in [2.24, 2.45) is 17.8 Å². The number of ether oxygens (including phenoxy) is 1. The summed E-state index contributed by atoms with van der Waals surface area (Å²) in [6.45, 7) is 12.0. The van der Waals surface area contributed by atoms with Gasteiger partial charge in [-0.2, -0.15) is 0 Å². The molecule has 0 spiro atoms. The number of nitrogens with one attached hydrogen (secondary N) is 1. The van der Waals surface area contributed by atoms with E-state index in [1.165, 1.54) is 0 Å². The minimum absolute atomic E-state index is 0.0647. The van der Waals surface area contributed by atoms with Crippen molar-refractivity contribution >= 4 is 5.91 Å². The van der Waals surface area contributed by atoms with Gasteiger partial charge in [-0.1, -0.05) is 45.9 Å². The Morgan fingerprint density at radius 1 is 1.14 bits per heavy atom. The number of para-hydroxylation sites is 1. The predicted octanol–water partition coefficient (Wildman–Crippen LogP) is 3.81. The maximum Gasteiger partial charge on any atom is 0.223 e. The molecule has 3 heteroatoms. The molecule has 0 saturated carbocycles. The van der Waals surface area contributed by atoms with Gasteiger partial charge in [0, 0.05) is 6.54 Å². The molecule has 118 valence electrons. The Bertz CT molecular complexity index is 433. The molecule has 0 aliphatic carbocycles. The number of aryl methyl sites for hydroxylation is 1. The van der Waals surface area contributed by atoms with E-state index >= 15 is 0 Å². The van der Waals surface area contributed by atoms with Crippen molar-refractivity contribution in [3.05, 3.63) is 29.8 Å². The fourth-order valence-corrected chi connectivity index (χ4v) is 2.53. The fourth-order valence-electron chi connectivity index (χ4n) is 2.53. The molecular formula is C18H29NO2. The Kier molecular flexibility index (Phi) is 7.27. The third-order valence-corrected chi connectivity index (χ3v) is 3.93. The zero-order valence-corrected chi connectivity index (χ0v) is 14.0. The monoisotopic (exact) mass is 291 g/mol. The first kappa shape index (κ1) is 17.5. The van der Waals surface area contributed by atoms with Gasteiger partial charge in [-0.3, -0.25) is 4.79 Å². The van der Waals surface area contributed by atoms with E-state index in [0.717, 1.165) is 17.9 Å². The molecule has 0 radical (unpaired) electrons.